The number of aromatic nitrogens is 1. The number of hydrogen-bond acceptors (Lipinski definition) is 4. The standard InChI is InChI=1S/C16H16N2O2/c1-19-9-7-13-2-4-16(5-3-13)20-12-14-6-8-18-15(10-14)11-17/h2-6,8,10H,7,9,12H2,1H3. The van der Waals surface area contributed by atoms with E-state index in [0.29, 0.717) is 18.9 Å². The van der Waals surface area contributed by atoms with Crippen molar-refractivity contribution in [2.24, 2.45) is 0 Å². The number of benzene rings is 1. The van der Waals surface area contributed by atoms with Crippen LogP contribution in [0.1, 0.15) is 16.8 Å². The van der Waals surface area contributed by atoms with Crippen LogP contribution in [0.15, 0.2) is 42.6 Å². The molecule has 0 unspecified atom stereocenters. The summed E-state index contributed by atoms with van der Waals surface area (Å²) in [4.78, 5) is 3.92. The van der Waals surface area contributed by atoms with Gasteiger partial charge in [0.1, 0.15) is 24.1 Å². The number of rotatable bonds is 6. The fourth-order valence-electron chi connectivity index (χ4n) is 1.76. The minimum absolute atomic E-state index is 0.404. The number of methoxy groups -OCH3 is 1. The first-order chi connectivity index (χ1) is 9.81. The number of hydrogen-bond donors (Lipinski definition) is 0. The van der Waals surface area contributed by atoms with Crippen molar-refractivity contribution in [2.75, 3.05) is 13.7 Å². The van der Waals surface area contributed by atoms with Crippen LogP contribution in [-0.4, -0.2) is 18.7 Å². The first-order valence-corrected chi connectivity index (χ1v) is 6.37. The topological polar surface area (TPSA) is 55.1 Å². The van der Waals surface area contributed by atoms with Crippen molar-refractivity contribution < 1.29 is 9.47 Å². The maximum Gasteiger partial charge on any atom is 0.140 e. The highest BCUT2D eigenvalue weighted by atomic mass is 16.5. The van der Waals surface area contributed by atoms with Crippen molar-refractivity contribution >= 4 is 0 Å². The molecule has 0 N–H and O–H groups in total. The predicted octanol–water partition coefficient (Wildman–Crippen LogP) is 2.72. The quantitative estimate of drug-likeness (QED) is 0.808. The summed E-state index contributed by atoms with van der Waals surface area (Å²) in [7, 11) is 1.70. The predicted molar refractivity (Wildman–Crippen MR) is 75.3 cm³/mol. The molecule has 0 saturated carbocycles. The van der Waals surface area contributed by atoms with Crippen LogP contribution in [0.3, 0.4) is 0 Å². The zero-order chi connectivity index (χ0) is 14.2. The van der Waals surface area contributed by atoms with Gasteiger partial charge >= 0.3 is 0 Å². The summed E-state index contributed by atoms with van der Waals surface area (Å²) < 4.78 is 10.7. The molecular formula is C16H16N2O2. The van der Waals surface area contributed by atoms with Crippen LogP contribution in [0.2, 0.25) is 0 Å². The molecule has 0 spiro atoms. The average Bonchev–Trinajstić information content (AvgIpc) is 2.52. The molecule has 0 aliphatic heterocycles. The Morgan fingerprint density at radius 2 is 1.95 bits per heavy atom. The molecule has 20 heavy (non-hydrogen) atoms. The summed E-state index contributed by atoms with van der Waals surface area (Å²) in [5.74, 6) is 0.807. The van der Waals surface area contributed by atoms with E-state index in [0.717, 1.165) is 17.7 Å². The van der Waals surface area contributed by atoms with E-state index in [1.54, 1.807) is 19.4 Å². The molecule has 0 fully saturated rings. The smallest absolute Gasteiger partial charge is 0.140 e. The van der Waals surface area contributed by atoms with E-state index in [-0.39, 0.29) is 0 Å². The molecule has 0 atom stereocenters. The highest BCUT2D eigenvalue weighted by Crippen LogP contribution is 2.14. The van der Waals surface area contributed by atoms with Gasteiger partial charge in [0.25, 0.3) is 0 Å². The van der Waals surface area contributed by atoms with Crippen molar-refractivity contribution in [2.45, 2.75) is 13.0 Å². The number of nitrogens with zero attached hydrogens (tertiary/aromatic N) is 2. The molecule has 0 saturated heterocycles. The lowest BCUT2D eigenvalue weighted by atomic mass is 10.1. The molecule has 1 aromatic heterocycles. The van der Waals surface area contributed by atoms with Gasteiger partial charge in [-0.25, -0.2) is 4.98 Å². The van der Waals surface area contributed by atoms with Crippen LogP contribution >= 0.6 is 0 Å². The van der Waals surface area contributed by atoms with E-state index in [1.807, 2.05) is 36.4 Å². The van der Waals surface area contributed by atoms with E-state index in [2.05, 4.69) is 4.98 Å². The molecule has 1 aromatic carbocycles. The monoisotopic (exact) mass is 268 g/mol. The molecule has 102 valence electrons. The summed E-state index contributed by atoms with van der Waals surface area (Å²) >= 11 is 0. The lowest BCUT2D eigenvalue weighted by Crippen LogP contribution is -1.98. The van der Waals surface area contributed by atoms with E-state index in [1.165, 1.54) is 5.56 Å². The molecular weight excluding hydrogens is 252 g/mol. The minimum Gasteiger partial charge on any atom is -0.489 e. The fraction of sp³-hybridized carbons (Fsp3) is 0.250. The van der Waals surface area contributed by atoms with E-state index in [9.17, 15) is 0 Å². The maximum absolute atomic E-state index is 8.79. The second-order valence-corrected chi connectivity index (χ2v) is 4.34. The van der Waals surface area contributed by atoms with E-state index >= 15 is 0 Å². The number of ether oxygens (including phenoxy) is 2. The third kappa shape index (κ3) is 4.08. The van der Waals surface area contributed by atoms with Gasteiger partial charge in [-0.1, -0.05) is 12.1 Å². The Morgan fingerprint density at radius 1 is 1.15 bits per heavy atom. The Kier molecular flexibility index (Phi) is 5.10. The third-order valence-electron chi connectivity index (χ3n) is 2.86. The van der Waals surface area contributed by atoms with Gasteiger partial charge in [0, 0.05) is 13.3 Å². The van der Waals surface area contributed by atoms with Gasteiger partial charge in [-0.3, -0.25) is 0 Å². The molecule has 4 heteroatoms. The van der Waals surface area contributed by atoms with Crippen LogP contribution in [0, 0.1) is 11.3 Å². The van der Waals surface area contributed by atoms with Crippen LogP contribution in [-0.2, 0) is 17.8 Å². The van der Waals surface area contributed by atoms with Gasteiger partial charge in [0.15, 0.2) is 0 Å². The Balaban J connectivity index is 1.92. The normalized spacial score (nSPS) is 10.0. The summed E-state index contributed by atoms with van der Waals surface area (Å²) in [6.07, 6.45) is 2.51. The third-order valence-corrected chi connectivity index (χ3v) is 2.86. The van der Waals surface area contributed by atoms with Crippen LogP contribution in [0.5, 0.6) is 5.75 Å². The minimum atomic E-state index is 0.404. The second-order valence-electron chi connectivity index (χ2n) is 4.34. The lowest BCUT2D eigenvalue weighted by molar-refractivity contribution is 0.202. The first-order valence-electron chi connectivity index (χ1n) is 6.37. The molecule has 0 bridgehead atoms. The van der Waals surface area contributed by atoms with Crippen LogP contribution in [0.25, 0.3) is 0 Å². The van der Waals surface area contributed by atoms with Gasteiger partial charge < -0.3 is 9.47 Å². The zero-order valence-corrected chi connectivity index (χ0v) is 11.4. The largest absolute Gasteiger partial charge is 0.489 e. The van der Waals surface area contributed by atoms with Gasteiger partial charge in [-0.15, -0.1) is 0 Å². The lowest BCUT2D eigenvalue weighted by Gasteiger charge is -2.07. The Bertz CT molecular complexity index is 588. The van der Waals surface area contributed by atoms with Crippen molar-refractivity contribution in [3.05, 3.63) is 59.4 Å². The van der Waals surface area contributed by atoms with Gasteiger partial charge in [-0.05, 0) is 41.8 Å². The van der Waals surface area contributed by atoms with E-state index in [4.69, 9.17) is 14.7 Å². The van der Waals surface area contributed by atoms with Crippen molar-refractivity contribution in [3.63, 3.8) is 0 Å². The molecule has 4 nitrogen and oxygen atoms in total. The summed E-state index contributed by atoms with van der Waals surface area (Å²) in [6, 6.07) is 13.5. The second kappa shape index (κ2) is 7.27. The van der Waals surface area contributed by atoms with Crippen LogP contribution in [0.4, 0.5) is 0 Å². The molecule has 1 heterocycles. The maximum atomic E-state index is 8.79. The van der Waals surface area contributed by atoms with E-state index < -0.39 is 0 Å². The van der Waals surface area contributed by atoms with Crippen molar-refractivity contribution in [1.82, 2.24) is 4.98 Å². The van der Waals surface area contributed by atoms with Gasteiger partial charge in [0.05, 0.1) is 6.61 Å². The SMILES string of the molecule is COCCc1ccc(OCc2ccnc(C#N)c2)cc1. The van der Waals surface area contributed by atoms with Gasteiger partial charge in [0.2, 0.25) is 0 Å². The van der Waals surface area contributed by atoms with Gasteiger partial charge in [-0.2, -0.15) is 5.26 Å². The Hall–Kier alpha value is -2.38. The highest BCUT2D eigenvalue weighted by molar-refractivity contribution is 5.29. The molecule has 2 aromatic rings. The van der Waals surface area contributed by atoms with Crippen molar-refractivity contribution in [1.29, 1.82) is 5.26 Å². The summed E-state index contributed by atoms with van der Waals surface area (Å²) in [5, 5.41) is 8.79. The molecule has 0 amide bonds. The Morgan fingerprint density at radius 3 is 2.65 bits per heavy atom. The summed E-state index contributed by atoms with van der Waals surface area (Å²) in [6.45, 7) is 1.14. The van der Waals surface area contributed by atoms with Crippen LogP contribution < -0.4 is 4.74 Å². The fourth-order valence-corrected chi connectivity index (χ4v) is 1.76. The number of nitriles is 1. The summed E-state index contributed by atoms with van der Waals surface area (Å²) in [5.41, 5.74) is 2.55. The molecule has 0 radical (unpaired) electrons. The Labute approximate surface area is 118 Å². The molecule has 0 aliphatic carbocycles. The highest BCUT2D eigenvalue weighted by Gasteiger charge is 1.99. The van der Waals surface area contributed by atoms with Crippen molar-refractivity contribution in [3.8, 4) is 11.8 Å². The number of pyridine rings is 1. The molecule has 2 rings (SSSR count). The average molecular weight is 268 g/mol. The first kappa shape index (κ1) is 14.0. The molecule has 0 aliphatic rings. The zero-order valence-electron chi connectivity index (χ0n) is 11.4.